The Hall–Kier alpha value is -2.31. The third-order valence-corrected chi connectivity index (χ3v) is 2.97. The first-order valence-electron chi connectivity index (χ1n) is 7.21. The molecule has 0 spiro atoms. The molecule has 2 heterocycles. The molecule has 1 aliphatic rings. The summed E-state index contributed by atoms with van der Waals surface area (Å²) in [6.07, 6.45) is -4.64. The van der Waals surface area contributed by atoms with Crippen LogP contribution in [0.25, 0.3) is 10.9 Å². The van der Waals surface area contributed by atoms with Crippen LogP contribution in [0.15, 0.2) is 41.0 Å². The summed E-state index contributed by atoms with van der Waals surface area (Å²) in [5.74, 6) is 0. The van der Waals surface area contributed by atoms with E-state index >= 15 is 0 Å². The number of nitrogens with zero attached hydrogens (tertiary/aromatic N) is 3. The van der Waals surface area contributed by atoms with Gasteiger partial charge in [-0.3, -0.25) is 10.1 Å². The molecule has 0 saturated carbocycles. The van der Waals surface area contributed by atoms with Crippen molar-refractivity contribution in [1.29, 1.82) is 0 Å². The van der Waals surface area contributed by atoms with Gasteiger partial charge >= 0.3 is 6.18 Å². The van der Waals surface area contributed by atoms with E-state index < -0.39 is 24.9 Å². The first kappa shape index (κ1) is 9.57. The molecule has 0 bridgehead atoms. The lowest BCUT2D eigenvalue weighted by Crippen LogP contribution is -2.26. The maximum atomic E-state index is 12.8. The van der Waals surface area contributed by atoms with Crippen LogP contribution in [-0.2, 0) is 0 Å². The second-order valence-corrected chi connectivity index (χ2v) is 4.30. The van der Waals surface area contributed by atoms with Crippen molar-refractivity contribution in [3.05, 3.63) is 41.7 Å². The molecule has 0 fully saturated rings. The van der Waals surface area contributed by atoms with E-state index in [1.54, 1.807) is 24.3 Å². The van der Waals surface area contributed by atoms with Crippen molar-refractivity contribution in [2.45, 2.75) is 12.3 Å². The molecule has 0 saturated heterocycles. The molecule has 0 radical (unpaired) electrons. The lowest BCUT2D eigenvalue weighted by Gasteiger charge is -2.27. The lowest BCUT2D eigenvalue weighted by molar-refractivity contribution is -0.0871. The minimum Gasteiger partial charge on any atom is -0.353 e. The Kier molecular flexibility index (Phi) is 2.09. The fourth-order valence-electron chi connectivity index (χ4n) is 2.01. The standard InChI is InChI=1S/C13H11F3N4/c1-20-7-8(13(14,15)16)6-17-12(20)11-9-4-2-3-5-10(9)18-19-11/h2-7,12H,1H3,(H,18,19)/i1D3. The van der Waals surface area contributed by atoms with Gasteiger partial charge in [-0.05, 0) is 6.07 Å². The van der Waals surface area contributed by atoms with Gasteiger partial charge in [-0.2, -0.15) is 18.3 Å². The van der Waals surface area contributed by atoms with E-state index in [4.69, 9.17) is 4.11 Å². The van der Waals surface area contributed by atoms with Crippen molar-refractivity contribution >= 4 is 17.1 Å². The lowest BCUT2D eigenvalue weighted by atomic mass is 10.1. The number of hydrogen-bond acceptors (Lipinski definition) is 3. The van der Waals surface area contributed by atoms with Gasteiger partial charge in [0.1, 0.15) is 5.69 Å². The number of para-hydroxylation sites is 1. The van der Waals surface area contributed by atoms with Crippen LogP contribution in [0.1, 0.15) is 16.0 Å². The van der Waals surface area contributed by atoms with Crippen molar-refractivity contribution in [2.24, 2.45) is 4.99 Å². The first-order valence-corrected chi connectivity index (χ1v) is 5.71. The van der Waals surface area contributed by atoms with Crippen molar-refractivity contribution < 1.29 is 17.3 Å². The predicted octanol–water partition coefficient (Wildman–Crippen LogP) is 3.02. The van der Waals surface area contributed by atoms with Crippen LogP contribution in [0.5, 0.6) is 0 Å². The molecule has 20 heavy (non-hydrogen) atoms. The Labute approximate surface area is 116 Å². The molecule has 2 aromatic rings. The van der Waals surface area contributed by atoms with E-state index in [9.17, 15) is 13.2 Å². The Morgan fingerprint density at radius 3 is 2.90 bits per heavy atom. The number of rotatable bonds is 1. The summed E-state index contributed by atoms with van der Waals surface area (Å²) in [6, 6.07) is 6.92. The van der Waals surface area contributed by atoms with E-state index in [0.29, 0.717) is 28.2 Å². The van der Waals surface area contributed by atoms with E-state index in [-0.39, 0.29) is 5.69 Å². The SMILES string of the molecule is [2H]C([2H])([2H])N1C=C(C(F)(F)F)C=NC1c1n[nH]c2ccccc12. The average Bonchev–Trinajstić information content (AvgIpc) is 2.88. The van der Waals surface area contributed by atoms with Crippen LogP contribution in [0.4, 0.5) is 13.2 Å². The Bertz CT molecular complexity index is 792. The second kappa shape index (κ2) is 4.36. The molecule has 1 N–H and O–H groups in total. The van der Waals surface area contributed by atoms with Crippen LogP contribution < -0.4 is 0 Å². The summed E-state index contributed by atoms with van der Waals surface area (Å²) in [7, 11) is 0. The number of halogens is 3. The summed E-state index contributed by atoms with van der Waals surface area (Å²) in [6.45, 7) is -2.79. The van der Waals surface area contributed by atoms with Gasteiger partial charge in [0, 0.05) is 28.9 Å². The van der Waals surface area contributed by atoms with E-state index in [1.807, 2.05) is 0 Å². The zero-order valence-corrected chi connectivity index (χ0v) is 10.0. The highest BCUT2D eigenvalue weighted by Crippen LogP contribution is 2.33. The molecular formula is C13H11F3N4. The Morgan fingerprint density at radius 2 is 2.15 bits per heavy atom. The molecule has 3 rings (SSSR count). The summed E-state index contributed by atoms with van der Waals surface area (Å²) in [4.78, 5) is 4.38. The smallest absolute Gasteiger partial charge is 0.353 e. The highest BCUT2D eigenvalue weighted by Gasteiger charge is 2.36. The molecule has 0 amide bonds. The quantitative estimate of drug-likeness (QED) is 0.874. The van der Waals surface area contributed by atoms with Gasteiger partial charge in [-0.1, -0.05) is 18.2 Å². The molecule has 1 unspecified atom stereocenters. The van der Waals surface area contributed by atoms with Crippen molar-refractivity contribution in [3.63, 3.8) is 0 Å². The van der Waals surface area contributed by atoms with Gasteiger partial charge in [0.05, 0.1) is 11.1 Å². The van der Waals surface area contributed by atoms with E-state index in [1.165, 1.54) is 0 Å². The summed E-state index contributed by atoms with van der Waals surface area (Å²) in [5.41, 5.74) is -0.219. The third kappa shape index (κ3) is 2.04. The molecule has 1 aliphatic heterocycles. The van der Waals surface area contributed by atoms with Gasteiger partial charge in [0.2, 0.25) is 0 Å². The van der Waals surface area contributed by atoms with Gasteiger partial charge in [-0.25, -0.2) is 0 Å². The van der Waals surface area contributed by atoms with Crippen LogP contribution in [-0.4, -0.2) is 34.5 Å². The van der Waals surface area contributed by atoms with Crippen molar-refractivity contribution in [1.82, 2.24) is 15.1 Å². The summed E-state index contributed by atoms with van der Waals surface area (Å²) < 4.78 is 61.0. The highest BCUT2D eigenvalue weighted by atomic mass is 19.4. The van der Waals surface area contributed by atoms with Crippen LogP contribution >= 0.6 is 0 Å². The first-order chi connectivity index (χ1) is 10.7. The van der Waals surface area contributed by atoms with Gasteiger partial charge < -0.3 is 4.90 Å². The number of H-pyrrole nitrogens is 1. The zero-order valence-electron chi connectivity index (χ0n) is 13.0. The monoisotopic (exact) mass is 283 g/mol. The molecule has 1 aromatic carbocycles. The fraction of sp³-hybridized carbons (Fsp3) is 0.231. The van der Waals surface area contributed by atoms with Crippen LogP contribution in [0, 0.1) is 0 Å². The number of aromatic amines is 1. The van der Waals surface area contributed by atoms with Crippen LogP contribution in [0.3, 0.4) is 0 Å². The minimum atomic E-state index is -4.67. The van der Waals surface area contributed by atoms with Crippen molar-refractivity contribution in [2.75, 3.05) is 6.98 Å². The van der Waals surface area contributed by atoms with Crippen LogP contribution in [0.2, 0.25) is 0 Å². The highest BCUT2D eigenvalue weighted by molar-refractivity contribution is 5.84. The van der Waals surface area contributed by atoms with Gasteiger partial charge in [-0.15, -0.1) is 0 Å². The Balaban J connectivity index is 2.09. The number of aliphatic imine (C=N–C) groups is 1. The number of benzene rings is 1. The summed E-state index contributed by atoms with van der Waals surface area (Å²) in [5, 5.41) is 7.36. The third-order valence-electron chi connectivity index (χ3n) is 2.97. The fourth-order valence-corrected chi connectivity index (χ4v) is 2.01. The number of alkyl halides is 3. The average molecular weight is 283 g/mol. The number of aromatic nitrogens is 2. The molecule has 1 aromatic heterocycles. The molecule has 0 aliphatic carbocycles. The van der Waals surface area contributed by atoms with Crippen molar-refractivity contribution in [3.8, 4) is 0 Å². The maximum Gasteiger partial charge on any atom is 0.419 e. The number of nitrogens with one attached hydrogen (secondary N) is 1. The zero-order chi connectivity index (χ0) is 16.8. The predicted molar refractivity (Wildman–Crippen MR) is 69.2 cm³/mol. The number of fused-ring (bicyclic) bond motifs is 1. The second-order valence-electron chi connectivity index (χ2n) is 4.30. The van der Waals surface area contributed by atoms with Gasteiger partial charge in [0.15, 0.2) is 6.17 Å². The number of allylic oxidation sites excluding steroid dienone is 1. The topological polar surface area (TPSA) is 44.3 Å². The molecule has 1 atom stereocenters. The maximum absolute atomic E-state index is 12.8. The van der Waals surface area contributed by atoms with Gasteiger partial charge in [0.25, 0.3) is 0 Å². The largest absolute Gasteiger partial charge is 0.419 e. The molecule has 7 heteroatoms. The van der Waals surface area contributed by atoms with E-state index in [0.717, 1.165) is 0 Å². The molecule has 104 valence electrons. The number of hydrogen-bond donors (Lipinski definition) is 1. The molecular weight excluding hydrogens is 269 g/mol. The van der Waals surface area contributed by atoms with E-state index in [2.05, 4.69) is 15.2 Å². The minimum absolute atomic E-state index is 0.255. The molecule has 4 nitrogen and oxygen atoms in total. The Morgan fingerprint density at radius 1 is 1.35 bits per heavy atom. The normalized spacial score (nSPS) is 22.4. The summed E-state index contributed by atoms with van der Waals surface area (Å²) >= 11 is 0.